The Bertz CT molecular complexity index is 1770. The number of rotatable bonds is 5. The van der Waals surface area contributed by atoms with E-state index in [1.807, 2.05) is 79.7 Å². The SMILES string of the molecule is C=C(c1cc(C)cc(-n2nc3ccccc3n2)c1O)c1cc(CI)cc(-n2nc3ccccc3n2)c1O. The summed E-state index contributed by atoms with van der Waals surface area (Å²) in [5, 5.41) is 40.9. The van der Waals surface area contributed by atoms with Crippen LogP contribution in [-0.4, -0.2) is 40.2 Å². The summed E-state index contributed by atoms with van der Waals surface area (Å²) in [6.07, 6.45) is 0. The summed E-state index contributed by atoms with van der Waals surface area (Å²) in [5.74, 6) is -0.0519. The Labute approximate surface area is 225 Å². The van der Waals surface area contributed by atoms with Crippen molar-refractivity contribution in [2.45, 2.75) is 11.4 Å². The minimum Gasteiger partial charge on any atom is -0.505 e. The fourth-order valence-electron chi connectivity index (χ4n) is 4.36. The van der Waals surface area contributed by atoms with Gasteiger partial charge in [0.1, 0.15) is 33.4 Å². The standard InChI is InChI=1S/C28H21IN6O2/c1-16-11-19(27(36)25(12-16)34-30-21-7-3-4-8-22(21)31-34)17(2)20-13-18(15-29)14-26(28(20)37)35-32-23-9-5-6-10-24(23)33-35/h3-14,36-37H,2,15H2,1H3. The Morgan fingerprint density at radius 1 is 0.730 bits per heavy atom. The van der Waals surface area contributed by atoms with Crippen LogP contribution in [0, 0.1) is 6.92 Å². The van der Waals surface area contributed by atoms with E-state index in [2.05, 4.69) is 49.6 Å². The monoisotopic (exact) mass is 600 g/mol. The predicted octanol–water partition coefficient (Wildman–Crippen LogP) is 5.87. The summed E-state index contributed by atoms with van der Waals surface area (Å²) in [6, 6.07) is 22.4. The minimum atomic E-state index is -0.0281. The van der Waals surface area contributed by atoms with Gasteiger partial charge in [0.05, 0.1) is 0 Å². The number of alkyl halides is 1. The Balaban J connectivity index is 1.49. The van der Waals surface area contributed by atoms with Gasteiger partial charge >= 0.3 is 0 Å². The first-order chi connectivity index (χ1) is 17.9. The van der Waals surface area contributed by atoms with Gasteiger partial charge in [-0.1, -0.05) is 53.4 Å². The highest BCUT2D eigenvalue weighted by Gasteiger charge is 2.21. The average Bonchev–Trinajstić information content (AvgIpc) is 3.54. The van der Waals surface area contributed by atoms with Gasteiger partial charge in [-0.3, -0.25) is 0 Å². The lowest BCUT2D eigenvalue weighted by molar-refractivity contribution is 0.463. The van der Waals surface area contributed by atoms with Crippen molar-refractivity contribution in [1.29, 1.82) is 0 Å². The number of aromatic hydroxyl groups is 2. The summed E-state index contributed by atoms with van der Waals surface area (Å²) < 4.78 is 0.695. The van der Waals surface area contributed by atoms with Gasteiger partial charge in [0.25, 0.3) is 0 Å². The number of hydrogen-bond donors (Lipinski definition) is 2. The predicted molar refractivity (Wildman–Crippen MR) is 152 cm³/mol. The molecule has 0 saturated carbocycles. The largest absolute Gasteiger partial charge is 0.505 e. The molecule has 0 saturated heterocycles. The van der Waals surface area contributed by atoms with Crippen LogP contribution in [0.3, 0.4) is 0 Å². The molecule has 2 N–H and O–H groups in total. The van der Waals surface area contributed by atoms with Crippen LogP contribution >= 0.6 is 22.6 Å². The van der Waals surface area contributed by atoms with Gasteiger partial charge in [-0.05, 0) is 72.2 Å². The van der Waals surface area contributed by atoms with E-state index in [4.69, 9.17) is 0 Å². The number of halogens is 1. The molecule has 2 heterocycles. The van der Waals surface area contributed by atoms with E-state index in [9.17, 15) is 10.2 Å². The molecule has 2 aromatic heterocycles. The van der Waals surface area contributed by atoms with Crippen LogP contribution in [-0.2, 0) is 4.43 Å². The van der Waals surface area contributed by atoms with Crippen molar-refractivity contribution in [3.63, 3.8) is 0 Å². The highest BCUT2D eigenvalue weighted by molar-refractivity contribution is 14.1. The van der Waals surface area contributed by atoms with Crippen molar-refractivity contribution in [2.24, 2.45) is 0 Å². The molecule has 0 aliphatic carbocycles. The van der Waals surface area contributed by atoms with E-state index >= 15 is 0 Å². The second-order valence-electron chi connectivity index (χ2n) is 8.76. The average molecular weight is 600 g/mol. The number of fused-ring (bicyclic) bond motifs is 2. The second kappa shape index (κ2) is 9.00. The van der Waals surface area contributed by atoms with E-state index in [1.54, 1.807) is 0 Å². The van der Waals surface area contributed by atoms with Gasteiger partial charge in [-0.15, -0.1) is 30.0 Å². The van der Waals surface area contributed by atoms with Crippen molar-refractivity contribution in [2.75, 3.05) is 0 Å². The summed E-state index contributed by atoms with van der Waals surface area (Å²) >= 11 is 2.27. The molecule has 6 rings (SSSR count). The fraction of sp³-hybridized carbons (Fsp3) is 0.0714. The lowest BCUT2D eigenvalue weighted by Crippen LogP contribution is -2.04. The Morgan fingerprint density at radius 2 is 1.16 bits per heavy atom. The summed E-state index contributed by atoms with van der Waals surface area (Å²) in [4.78, 5) is 2.86. The summed E-state index contributed by atoms with van der Waals surface area (Å²) in [5.41, 5.74) is 7.02. The lowest BCUT2D eigenvalue weighted by atomic mass is 9.94. The van der Waals surface area contributed by atoms with Crippen molar-refractivity contribution < 1.29 is 10.2 Å². The van der Waals surface area contributed by atoms with Crippen LogP contribution in [0.2, 0.25) is 0 Å². The maximum atomic E-state index is 11.4. The van der Waals surface area contributed by atoms with Crippen LogP contribution in [0.15, 0.2) is 79.4 Å². The molecule has 6 aromatic rings. The Hall–Kier alpha value is -4.25. The number of phenols is 2. The van der Waals surface area contributed by atoms with E-state index in [-0.39, 0.29) is 11.5 Å². The van der Waals surface area contributed by atoms with Crippen LogP contribution in [0.25, 0.3) is 39.0 Å². The Morgan fingerprint density at radius 3 is 1.62 bits per heavy atom. The molecule has 0 bridgehead atoms. The number of phenolic OH excluding ortho intramolecular Hbond substituents is 2. The third-order valence-electron chi connectivity index (χ3n) is 6.19. The van der Waals surface area contributed by atoms with Crippen LogP contribution in [0.5, 0.6) is 11.5 Å². The molecular formula is C28H21IN6O2. The van der Waals surface area contributed by atoms with E-state index < -0.39 is 0 Å². The number of hydrogen-bond acceptors (Lipinski definition) is 6. The lowest BCUT2D eigenvalue weighted by Gasteiger charge is -2.16. The first-order valence-electron chi connectivity index (χ1n) is 11.5. The molecule has 8 nitrogen and oxygen atoms in total. The van der Waals surface area contributed by atoms with Gasteiger partial charge in [0, 0.05) is 15.6 Å². The van der Waals surface area contributed by atoms with E-state index in [0.29, 0.717) is 32.5 Å². The van der Waals surface area contributed by atoms with Gasteiger partial charge in [0.15, 0.2) is 11.5 Å². The minimum absolute atomic E-state index is 0.0238. The van der Waals surface area contributed by atoms with Gasteiger partial charge in [-0.25, -0.2) is 0 Å². The molecule has 182 valence electrons. The van der Waals surface area contributed by atoms with E-state index in [1.165, 1.54) is 9.59 Å². The highest BCUT2D eigenvalue weighted by Crippen LogP contribution is 2.40. The molecule has 0 fully saturated rings. The summed E-state index contributed by atoms with van der Waals surface area (Å²) in [6.45, 7) is 6.19. The summed E-state index contributed by atoms with van der Waals surface area (Å²) in [7, 11) is 0. The molecule has 0 amide bonds. The molecule has 37 heavy (non-hydrogen) atoms. The topological polar surface area (TPSA) is 102 Å². The second-order valence-corrected chi connectivity index (χ2v) is 9.52. The number of benzene rings is 4. The molecule has 9 heteroatoms. The van der Waals surface area contributed by atoms with Crippen LogP contribution < -0.4 is 0 Å². The van der Waals surface area contributed by atoms with Crippen LogP contribution in [0.1, 0.15) is 22.3 Å². The molecule has 0 spiro atoms. The smallest absolute Gasteiger partial charge is 0.150 e. The maximum absolute atomic E-state index is 11.4. The molecule has 0 aliphatic rings. The van der Waals surface area contributed by atoms with Gasteiger partial charge < -0.3 is 10.2 Å². The molecule has 0 unspecified atom stereocenters. The normalized spacial score (nSPS) is 11.4. The third-order valence-corrected chi connectivity index (χ3v) is 7.07. The van der Waals surface area contributed by atoms with Crippen molar-refractivity contribution in [3.05, 3.63) is 102 Å². The number of aryl methyl sites for hydroxylation is 1. The van der Waals surface area contributed by atoms with Crippen molar-refractivity contribution >= 4 is 50.2 Å². The maximum Gasteiger partial charge on any atom is 0.150 e. The Kier molecular flexibility index (Phi) is 5.64. The fourth-order valence-corrected chi connectivity index (χ4v) is 4.80. The first kappa shape index (κ1) is 23.2. The van der Waals surface area contributed by atoms with Crippen molar-refractivity contribution in [1.82, 2.24) is 30.0 Å². The molecule has 4 aromatic carbocycles. The zero-order chi connectivity index (χ0) is 25.7. The third kappa shape index (κ3) is 4.01. The van der Waals surface area contributed by atoms with Crippen LogP contribution in [0.4, 0.5) is 0 Å². The van der Waals surface area contributed by atoms with Crippen molar-refractivity contribution in [3.8, 4) is 22.9 Å². The highest BCUT2D eigenvalue weighted by atomic mass is 127. The molecule has 0 atom stereocenters. The molecule has 0 radical (unpaired) electrons. The van der Waals surface area contributed by atoms with Gasteiger partial charge in [-0.2, -0.15) is 0 Å². The van der Waals surface area contributed by atoms with Gasteiger partial charge in [0.2, 0.25) is 0 Å². The first-order valence-corrected chi connectivity index (χ1v) is 13.1. The zero-order valence-electron chi connectivity index (χ0n) is 19.8. The zero-order valence-corrected chi connectivity index (χ0v) is 22.0. The molecule has 0 aliphatic heterocycles. The number of nitrogens with zero attached hydrogens (tertiary/aromatic N) is 6. The van der Waals surface area contributed by atoms with E-state index in [0.717, 1.165) is 33.2 Å². The number of aromatic nitrogens is 6. The molecular weight excluding hydrogens is 579 g/mol. The quantitative estimate of drug-likeness (QED) is 0.190.